The van der Waals surface area contributed by atoms with Crippen molar-refractivity contribution in [3.8, 4) is 0 Å². The van der Waals surface area contributed by atoms with Gasteiger partial charge < -0.3 is 11.1 Å². The molecule has 0 fully saturated rings. The first-order chi connectivity index (χ1) is 16.0. The monoisotopic (exact) mass is 447 g/mol. The van der Waals surface area contributed by atoms with E-state index in [0.29, 0.717) is 11.3 Å². The molecule has 0 bridgehead atoms. The topological polar surface area (TPSA) is 84.7 Å². The Kier molecular flexibility index (Phi) is 6.82. The lowest BCUT2D eigenvalue weighted by atomic mass is 9.81. The van der Waals surface area contributed by atoms with Crippen LogP contribution in [0.1, 0.15) is 29.0 Å². The number of hydrogen-bond donors (Lipinski definition) is 2. The zero-order chi connectivity index (χ0) is 23.4. The minimum atomic E-state index is -0.879. The number of anilines is 1. The molecule has 3 aromatic rings. The minimum absolute atomic E-state index is 0.0474. The van der Waals surface area contributed by atoms with Crippen molar-refractivity contribution in [1.82, 2.24) is 5.32 Å². The molecular weight excluding hydrogens is 421 g/mol. The lowest BCUT2D eigenvalue weighted by molar-refractivity contribution is -0.132. The summed E-state index contributed by atoms with van der Waals surface area (Å²) in [6.07, 6.45) is 0.169. The zero-order valence-electron chi connectivity index (χ0n) is 18.3. The summed E-state index contributed by atoms with van der Waals surface area (Å²) in [6.45, 7) is 0. The van der Waals surface area contributed by atoms with Gasteiger partial charge in [-0.15, -0.1) is 0 Å². The fraction of sp³-hybridized carbons (Fsp3) is 0.231. The van der Waals surface area contributed by atoms with Crippen LogP contribution in [0.5, 0.6) is 0 Å². The molecule has 4 rings (SSSR count). The molecule has 33 heavy (non-hydrogen) atoms. The highest BCUT2D eigenvalue weighted by atomic mass is 19.1. The Morgan fingerprint density at radius 3 is 2.45 bits per heavy atom. The fourth-order valence-corrected chi connectivity index (χ4v) is 4.36. The van der Waals surface area contributed by atoms with E-state index in [1.807, 2.05) is 54.6 Å². The number of nitrogens with zero attached hydrogens (tertiary/aromatic N) is 1. The Balaban J connectivity index is 1.58. The normalized spacial score (nSPS) is 18.5. The molecule has 3 atom stereocenters. The van der Waals surface area contributed by atoms with Crippen LogP contribution < -0.4 is 16.1 Å². The van der Waals surface area contributed by atoms with Crippen LogP contribution in [0.4, 0.5) is 10.1 Å². The number of para-hydroxylation sites is 1. The van der Waals surface area contributed by atoms with Gasteiger partial charge in [0.25, 0.3) is 5.91 Å². The Hall–Kier alpha value is -3.55. The third-order valence-electron chi connectivity index (χ3n) is 5.84. The van der Waals surface area contributed by atoms with Gasteiger partial charge in [0, 0.05) is 18.4 Å². The molecule has 170 valence electrons. The number of fused-ring (bicyclic) bond motifs is 1. The van der Waals surface area contributed by atoms with E-state index in [1.54, 1.807) is 18.2 Å². The molecule has 1 aliphatic heterocycles. The molecule has 2 unspecified atom stereocenters. The Morgan fingerprint density at radius 1 is 1.06 bits per heavy atom. The molecule has 1 aliphatic rings. The van der Waals surface area contributed by atoms with Crippen molar-refractivity contribution in [2.75, 3.05) is 12.2 Å². The molecule has 0 saturated carbocycles. The average molecular weight is 448 g/mol. The number of halogens is 1. The Labute approximate surface area is 192 Å². The van der Waals surface area contributed by atoms with Gasteiger partial charge in [-0.1, -0.05) is 66.7 Å². The van der Waals surface area contributed by atoms with Crippen molar-refractivity contribution in [2.45, 2.75) is 30.8 Å². The number of hydroxylamine groups is 1. The third-order valence-corrected chi connectivity index (χ3v) is 5.84. The summed E-state index contributed by atoms with van der Waals surface area (Å²) in [5.41, 5.74) is 9.00. The molecule has 0 radical (unpaired) electrons. The van der Waals surface area contributed by atoms with Crippen LogP contribution in [0, 0.1) is 5.82 Å². The van der Waals surface area contributed by atoms with Crippen LogP contribution in [0.2, 0.25) is 0 Å². The average Bonchev–Trinajstić information content (AvgIpc) is 2.81. The van der Waals surface area contributed by atoms with Gasteiger partial charge in [-0.2, -0.15) is 5.06 Å². The maximum Gasteiger partial charge on any atom is 0.274 e. The van der Waals surface area contributed by atoms with Crippen molar-refractivity contribution in [1.29, 1.82) is 0 Å². The molecule has 2 amide bonds. The maximum atomic E-state index is 14.0. The number of amides is 2. The molecule has 0 saturated heterocycles. The second-order valence-corrected chi connectivity index (χ2v) is 8.07. The van der Waals surface area contributed by atoms with Gasteiger partial charge >= 0.3 is 0 Å². The quantitative estimate of drug-likeness (QED) is 0.582. The lowest BCUT2D eigenvalue weighted by Crippen LogP contribution is -2.55. The molecule has 0 spiro atoms. The summed E-state index contributed by atoms with van der Waals surface area (Å²) in [6, 6.07) is 21.9. The van der Waals surface area contributed by atoms with Crippen LogP contribution in [-0.2, 0) is 20.8 Å². The highest BCUT2D eigenvalue weighted by molar-refractivity contribution is 6.02. The van der Waals surface area contributed by atoms with Crippen molar-refractivity contribution >= 4 is 17.5 Å². The van der Waals surface area contributed by atoms with Gasteiger partial charge in [-0.3, -0.25) is 14.4 Å². The highest BCUT2D eigenvalue weighted by Gasteiger charge is 2.42. The minimum Gasteiger partial charge on any atom is -0.343 e. The predicted molar refractivity (Wildman–Crippen MR) is 124 cm³/mol. The summed E-state index contributed by atoms with van der Waals surface area (Å²) in [4.78, 5) is 31.7. The van der Waals surface area contributed by atoms with Crippen LogP contribution in [0.25, 0.3) is 0 Å². The third kappa shape index (κ3) is 4.79. The van der Waals surface area contributed by atoms with Crippen LogP contribution in [-0.4, -0.2) is 31.0 Å². The molecule has 0 aliphatic carbocycles. The number of nitrogens with one attached hydrogen (secondary N) is 1. The van der Waals surface area contributed by atoms with E-state index in [9.17, 15) is 14.0 Å². The number of rotatable bonds is 7. The van der Waals surface area contributed by atoms with E-state index in [0.717, 1.165) is 11.1 Å². The zero-order valence-corrected chi connectivity index (χ0v) is 18.3. The first kappa shape index (κ1) is 22.6. The van der Waals surface area contributed by atoms with Gasteiger partial charge in [-0.05, 0) is 35.2 Å². The van der Waals surface area contributed by atoms with Gasteiger partial charge in [-0.25, -0.2) is 4.39 Å². The summed E-state index contributed by atoms with van der Waals surface area (Å²) < 4.78 is 14.0. The highest BCUT2D eigenvalue weighted by Crippen LogP contribution is 2.40. The van der Waals surface area contributed by atoms with Crippen LogP contribution in [0.15, 0.2) is 78.9 Å². The molecule has 7 heteroatoms. The number of carbonyl (C=O) groups is 2. The summed E-state index contributed by atoms with van der Waals surface area (Å²) in [7, 11) is 1.42. The number of benzene rings is 3. The second kappa shape index (κ2) is 9.94. The second-order valence-electron chi connectivity index (χ2n) is 8.07. The van der Waals surface area contributed by atoms with Gasteiger partial charge in [0.15, 0.2) is 0 Å². The van der Waals surface area contributed by atoms with E-state index in [4.69, 9.17) is 10.6 Å². The fourth-order valence-electron chi connectivity index (χ4n) is 4.36. The largest absolute Gasteiger partial charge is 0.343 e. The standard InChI is InChI=1S/C26H26FN3O3/c1-33-30-22-14-8-6-12-20(22)24(17-9-3-2-4-10-17)25(26(30)32)29-23(31)16-19(28)15-18-11-5-7-13-21(18)27/h2-14,19,24-25H,15-16,28H2,1H3,(H,29,31)/t19?,24?,25-/m0/s1. The van der Waals surface area contributed by atoms with Crippen molar-refractivity contribution in [3.05, 3.63) is 101 Å². The van der Waals surface area contributed by atoms with Crippen molar-refractivity contribution in [2.24, 2.45) is 5.73 Å². The first-order valence-electron chi connectivity index (χ1n) is 10.8. The summed E-state index contributed by atoms with van der Waals surface area (Å²) in [5.74, 6) is -1.50. The number of hydrogen-bond acceptors (Lipinski definition) is 4. The predicted octanol–water partition coefficient (Wildman–Crippen LogP) is 3.31. The van der Waals surface area contributed by atoms with Gasteiger partial charge in [0.05, 0.1) is 12.8 Å². The van der Waals surface area contributed by atoms with Gasteiger partial charge in [0.1, 0.15) is 11.9 Å². The van der Waals surface area contributed by atoms with E-state index in [2.05, 4.69) is 5.32 Å². The lowest BCUT2D eigenvalue weighted by Gasteiger charge is -2.38. The SMILES string of the molecule is CON1C(=O)[C@@H](NC(=O)CC(N)Cc2ccccc2F)C(c2ccccc2)c2ccccc21. The molecule has 3 N–H and O–H groups in total. The summed E-state index contributed by atoms with van der Waals surface area (Å²) >= 11 is 0. The Morgan fingerprint density at radius 2 is 1.73 bits per heavy atom. The van der Waals surface area contributed by atoms with E-state index >= 15 is 0 Å². The molecule has 6 nitrogen and oxygen atoms in total. The smallest absolute Gasteiger partial charge is 0.274 e. The van der Waals surface area contributed by atoms with Gasteiger partial charge in [0.2, 0.25) is 5.91 Å². The maximum absolute atomic E-state index is 14.0. The number of carbonyl (C=O) groups excluding carboxylic acids is 2. The summed E-state index contributed by atoms with van der Waals surface area (Å²) in [5, 5.41) is 4.08. The van der Waals surface area contributed by atoms with Crippen molar-refractivity contribution < 1.29 is 18.8 Å². The Bertz CT molecular complexity index is 1140. The van der Waals surface area contributed by atoms with Crippen LogP contribution in [0.3, 0.4) is 0 Å². The molecular formula is C26H26FN3O3. The molecule has 3 aromatic carbocycles. The molecule has 0 aromatic heterocycles. The number of nitrogens with two attached hydrogens (primary N) is 1. The van der Waals surface area contributed by atoms with E-state index < -0.39 is 18.0 Å². The first-order valence-corrected chi connectivity index (χ1v) is 10.8. The van der Waals surface area contributed by atoms with E-state index in [1.165, 1.54) is 18.2 Å². The van der Waals surface area contributed by atoms with Crippen molar-refractivity contribution in [3.63, 3.8) is 0 Å². The molecule has 1 heterocycles. The van der Waals surface area contributed by atoms with Crippen LogP contribution >= 0.6 is 0 Å². The van der Waals surface area contributed by atoms with E-state index in [-0.39, 0.29) is 30.5 Å².